The summed E-state index contributed by atoms with van der Waals surface area (Å²) >= 11 is 0. The zero-order chi connectivity index (χ0) is 32.5. The Kier molecular flexibility index (Phi) is 8.65. The minimum atomic E-state index is -4.31. The molecule has 0 fully saturated rings. The van der Waals surface area contributed by atoms with Gasteiger partial charge in [-0.3, -0.25) is 14.3 Å². The third-order valence-corrected chi connectivity index (χ3v) is 9.68. The SMILES string of the molecule is Cc1cccc(C)c1-n1c(C)cc(/C=N\NC(=O)CN(c2c(C)n(C)n(-c3ccccc3)c2=O)S(=O)(=O)c2ccccc2)c1C. The van der Waals surface area contributed by atoms with Crippen LogP contribution in [0, 0.1) is 34.6 Å². The molecule has 5 rings (SSSR count). The van der Waals surface area contributed by atoms with Crippen molar-refractivity contribution in [2.45, 2.75) is 39.5 Å². The van der Waals surface area contributed by atoms with Gasteiger partial charge in [0.15, 0.2) is 0 Å². The standard InChI is InChI=1S/C34H36N6O4S/c1-23-14-13-15-24(2)32(23)39-25(3)20-28(26(39)4)21-35-36-31(41)22-38(45(43,44)30-18-11-8-12-19-30)33-27(5)37(6)40(34(33)42)29-16-9-7-10-17-29/h7-21H,22H2,1-6H3,(H,36,41)/b35-21-. The first kappa shape index (κ1) is 31.3. The molecule has 3 aromatic carbocycles. The van der Waals surface area contributed by atoms with E-state index in [0.29, 0.717) is 11.4 Å². The fourth-order valence-electron chi connectivity index (χ4n) is 5.61. The molecule has 0 bridgehead atoms. The van der Waals surface area contributed by atoms with Gasteiger partial charge in [0.2, 0.25) is 0 Å². The second kappa shape index (κ2) is 12.4. The Hall–Kier alpha value is -5.16. The maximum atomic E-state index is 13.9. The number of benzene rings is 3. The highest BCUT2D eigenvalue weighted by molar-refractivity contribution is 7.92. The third kappa shape index (κ3) is 5.86. The molecule has 0 unspecified atom stereocenters. The molecule has 2 aromatic heterocycles. The van der Waals surface area contributed by atoms with Gasteiger partial charge in [0.25, 0.3) is 21.5 Å². The number of aromatic nitrogens is 3. The lowest BCUT2D eigenvalue weighted by Gasteiger charge is -2.22. The molecule has 0 spiro atoms. The zero-order valence-corrected chi connectivity index (χ0v) is 27.0. The van der Waals surface area contributed by atoms with Gasteiger partial charge in [-0.05, 0) is 76.1 Å². The van der Waals surface area contributed by atoms with E-state index >= 15 is 0 Å². The number of hydrogen-bond donors (Lipinski definition) is 1. The maximum absolute atomic E-state index is 13.9. The van der Waals surface area contributed by atoms with E-state index in [2.05, 4.69) is 41.1 Å². The van der Waals surface area contributed by atoms with Crippen LogP contribution in [0.3, 0.4) is 0 Å². The number of nitrogens with one attached hydrogen (secondary N) is 1. The van der Waals surface area contributed by atoms with Gasteiger partial charge in [-0.25, -0.2) is 22.8 Å². The number of carbonyl (C=O) groups excluding carboxylic acids is 1. The van der Waals surface area contributed by atoms with Crippen LogP contribution in [0.1, 0.15) is 33.8 Å². The lowest BCUT2D eigenvalue weighted by atomic mass is 10.1. The van der Waals surface area contributed by atoms with E-state index in [1.807, 2.05) is 32.0 Å². The van der Waals surface area contributed by atoms with E-state index in [1.165, 1.54) is 23.0 Å². The van der Waals surface area contributed by atoms with E-state index in [-0.39, 0.29) is 10.6 Å². The average molecular weight is 625 g/mol. The minimum Gasteiger partial charge on any atom is -0.317 e. The fraction of sp³-hybridized carbons (Fsp3) is 0.206. The van der Waals surface area contributed by atoms with Crippen LogP contribution in [-0.2, 0) is 21.9 Å². The highest BCUT2D eigenvalue weighted by atomic mass is 32.2. The lowest BCUT2D eigenvalue weighted by Crippen LogP contribution is -2.42. The van der Waals surface area contributed by atoms with Gasteiger partial charge in [0.1, 0.15) is 12.2 Å². The Morgan fingerprint density at radius 1 is 0.867 bits per heavy atom. The van der Waals surface area contributed by atoms with Crippen molar-refractivity contribution < 1.29 is 13.2 Å². The monoisotopic (exact) mass is 624 g/mol. The van der Waals surface area contributed by atoms with Crippen molar-refractivity contribution in [3.63, 3.8) is 0 Å². The van der Waals surface area contributed by atoms with Gasteiger partial charge in [-0.2, -0.15) is 5.10 Å². The molecule has 11 heteroatoms. The van der Waals surface area contributed by atoms with Crippen molar-refractivity contribution in [1.82, 2.24) is 19.4 Å². The fourth-order valence-corrected chi connectivity index (χ4v) is 7.10. The molecule has 0 aliphatic heterocycles. The van der Waals surface area contributed by atoms with E-state index in [1.54, 1.807) is 61.1 Å². The summed E-state index contributed by atoms with van der Waals surface area (Å²) in [5, 5.41) is 4.16. The van der Waals surface area contributed by atoms with Crippen LogP contribution >= 0.6 is 0 Å². The number of aryl methyl sites for hydroxylation is 3. The molecule has 0 aliphatic rings. The Morgan fingerprint density at radius 2 is 1.47 bits per heavy atom. The smallest absolute Gasteiger partial charge is 0.296 e. The van der Waals surface area contributed by atoms with Crippen LogP contribution in [0.5, 0.6) is 0 Å². The van der Waals surface area contributed by atoms with E-state index < -0.39 is 28.0 Å². The van der Waals surface area contributed by atoms with Crippen LogP contribution in [0.2, 0.25) is 0 Å². The third-order valence-electron chi connectivity index (χ3n) is 7.92. The average Bonchev–Trinajstić information content (AvgIpc) is 3.41. The predicted molar refractivity (Wildman–Crippen MR) is 177 cm³/mol. The Labute approximate surface area is 262 Å². The number of sulfonamides is 1. The summed E-state index contributed by atoms with van der Waals surface area (Å²) in [4.78, 5) is 27.1. The second-order valence-electron chi connectivity index (χ2n) is 10.9. The van der Waals surface area contributed by atoms with Crippen molar-refractivity contribution in [2.24, 2.45) is 12.1 Å². The Morgan fingerprint density at radius 3 is 2.09 bits per heavy atom. The maximum Gasteiger partial charge on any atom is 0.296 e. The molecule has 232 valence electrons. The summed E-state index contributed by atoms with van der Waals surface area (Å²) in [6.07, 6.45) is 1.54. The molecule has 0 aliphatic carbocycles. The normalized spacial score (nSPS) is 11.7. The minimum absolute atomic E-state index is 0.0471. The zero-order valence-electron chi connectivity index (χ0n) is 26.1. The molecule has 0 radical (unpaired) electrons. The summed E-state index contributed by atoms with van der Waals surface area (Å²) < 4.78 is 33.9. The van der Waals surface area contributed by atoms with Gasteiger partial charge >= 0.3 is 0 Å². The lowest BCUT2D eigenvalue weighted by molar-refractivity contribution is -0.119. The van der Waals surface area contributed by atoms with E-state index in [9.17, 15) is 18.0 Å². The molecule has 10 nitrogen and oxygen atoms in total. The first-order valence-electron chi connectivity index (χ1n) is 14.4. The number of carbonyl (C=O) groups is 1. The van der Waals surface area contributed by atoms with Crippen LogP contribution in [0.4, 0.5) is 5.69 Å². The number of nitrogens with zero attached hydrogens (tertiary/aromatic N) is 5. The number of rotatable bonds is 9. The van der Waals surface area contributed by atoms with Gasteiger partial charge < -0.3 is 4.57 Å². The molecule has 45 heavy (non-hydrogen) atoms. The van der Waals surface area contributed by atoms with E-state index in [0.717, 1.165) is 38.1 Å². The number of para-hydroxylation sites is 2. The van der Waals surface area contributed by atoms with Crippen molar-refractivity contribution in [2.75, 3.05) is 10.8 Å². The largest absolute Gasteiger partial charge is 0.317 e. The summed E-state index contributed by atoms with van der Waals surface area (Å²) in [6.45, 7) is 9.09. The van der Waals surface area contributed by atoms with Gasteiger partial charge in [-0.15, -0.1) is 0 Å². The quantitative estimate of drug-likeness (QED) is 0.187. The molecular weight excluding hydrogens is 588 g/mol. The highest BCUT2D eigenvalue weighted by Crippen LogP contribution is 2.27. The number of anilines is 1. The molecule has 5 aromatic rings. The number of hydrazone groups is 1. The summed E-state index contributed by atoms with van der Waals surface area (Å²) in [7, 11) is -2.65. The molecule has 0 saturated carbocycles. The van der Waals surface area contributed by atoms with Crippen LogP contribution in [-0.4, -0.2) is 41.0 Å². The predicted octanol–water partition coefficient (Wildman–Crippen LogP) is 4.85. The van der Waals surface area contributed by atoms with Crippen molar-refractivity contribution in [3.8, 4) is 11.4 Å². The molecular formula is C34H36N6O4S. The summed E-state index contributed by atoms with van der Waals surface area (Å²) in [6, 6.07) is 24.7. The Bertz CT molecular complexity index is 2050. The van der Waals surface area contributed by atoms with Gasteiger partial charge in [0, 0.05) is 24.0 Å². The van der Waals surface area contributed by atoms with Crippen molar-refractivity contribution in [1.29, 1.82) is 0 Å². The molecule has 1 amide bonds. The van der Waals surface area contributed by atoms with Crippen molar-refractivity contribution in [3.05, 3.63) is 129 Å². The first-order chi connectivity index (χ1) is 21.4. The Balaban J connectivity index is 1.48. The van der Waals surface area contributed by atoms with Crippen LogP contribution in [0.15, 0.2) is 99.7 Å². The van der Waals surface area contributed by atoms with Crippen molar-refractivity contribution >= 4 is 27.8 Å². The first-order valence-corrected chi connectivity index (χ1v) is 15.9. The highest BCUT2D eigenvalue weighted by Gasteiger charge is 2.33. The molecule has 0 saturated heterocycles. The molecule has 0 atom stereocenters. The molecule has 2 heterocycles. The topological polar surface area (TPSA) is 111 Å². The van der Waals surface area contributed by atoms with Gasteiger partial charge in [0.05, 0.1) is 28.2 Å². The number of hydrogen-bond acceptors (Lipinski definition) is 5. The van der Waals surface area contributed by atoms with Crippen LogP contribution < -0.4 is 15.3 Å². The van der Waals surface area contributed by atoms with Gasteiger partial charge in [-0.1, -0.05) is 54.6 Å². The molecule has 1 N–H and O–H groups in total. The summed E-state index contributed by atoms with van der Waals surface area (Å²) in [5.74, 6) is -0.705. The van der Waals surface area contributed by atoms with Crippen LogP contribution in [0.25, 0.3) is 11.4 Å². The summed E-state index contributed by atoms with van der Waals surface area (Å²) in [5.41, 5.74) is 8.81. The second-order valence-corrected chi connectivity index (χ2v) is 12.8. The number of amides is 1. The van der Waals surface area contributed by atoms with E-state index in [4.69, 9.17) is 0 Å².